The van der Waals surface area contributed by atoms with Crippen LogP contribution in [-0.4, -0.2) is 4.92 Å². The molecule has 2 aromatic carbocycles. The molecule has 18 heavy (non-hydrogen) atoms. The summed E-state index contributed by atoms with van der Waals surface area (Å²) in [5.74, 6) is 0. The van der Waals surface area contributed by atoms with Gasteiger partial charge in [0.2, 0.25) is 0 Å². The van der Waals surface area contributed by atoms with Crippen molar-refractivity contribution in [2.24, 2.45) is 0 Å². The highest BCUT2D eigenvalue weighted by Gasteiger charge is 2.12. The van der Waals surface area contributed by atoms with Gasteiger partial charge in [-0.05, 0) is 24.1 Å². The zero-order chi connectivity index (χ0) is 13.1. The molecule has 0 aliphatic carbocycles. The van der Waals surface area contributed by atoms with E-state index >= 15 is 0 Å². The van der Waals surface area contributed by atoms with E-state index < -0.39 is 4.92 Å². The first-order chi connectivity index (χ1) is 8.63. The van der Waals surface area contributed by atoms with Gasteiger partial charge >= 0.3 is 0 Å². The number of rotatable bonds is 2. The van der Waals surface area contributed by atoms with Crippen LogP contribution in [0.25, 0.3) is 11.1 Å². The van der Waals surface area contributed by atoms with Crippen molar-refractivity contribution in [2.75, 3.05) is 0 Å². The lowest BCUT2D eigenvalue weighted by Gasteiger charge is -2.07. The summed E-state index contributed by atoms with van der Waals surface area (Å²) in [5, 5.41) is 19.8. The van der Waals surface area contributed by atoms with Gasteiger partial charge in [0.25, 0.3) is 5.69 Å². The smallest absolute Gasteiger partial charge is 0.258 e. The van der Waals surface area contributed by atoms with Crippen molar-refractivity contribution in [3.63, 3.8) is 0 Å². The predicted octanol–water partition coefficient (Wildman–Crippen LogP) is 3.44. The number of hydrogen-bond donors (Lipinski definition) is 0. The fourth-order valence-corrected chi connectivity index (χ4v) is 1.85. The molecule has 0 N–H and O–H groups in total. The van der Waals surface area contributed by atoms with Gasteiger partial charge < -0.3 is 0 Å². The van der Waals surface area contributed by atoms with Gasteiger partial charge in [0.05, 0.1) is 10.5 Å². The van der Waals surface area contributed by atoms with Gasteiger partial charge in [-0.2, -0.15) is 5.26 Å². The predicted molar refractivity (Wildman–Crippen MR) is 68.0 cm³/mol. The van der Waals surface area contributed by atoms with E-state index in [1.165, 1.54) is 12.1 Å². The van der Waals surface area contributed by atoms with Crippen molar-refractivity contribution in [1.82, 2.24) is 0 Å². The fourth-order valence-electron chi connectivity index (χ4n) is 1.85. The summed E-state index contributed by atoms with van der Waals surface area (Å²) >= 11 is 0. The third-order valence-electron chi connectivity index (χ3n) is 2.77. The zero-order valence-corrected chi connectivity index (χ0v) is 9.75. The van der Waals surface area contributed by atoms with E-state index in [9.17, 15) is 10.1 Å². The van der Waals surface area contributed by atoms with Crippen molar-refractivity contribution in [3.05, 3.63) is 63.7 Å². The van der Waals surface area contributed by atoms with E-state index in [1.807, 2.05) is 37.3 Å². The van der Waals surface area contributed by atoms with Crippen molar-refractivity contribution in [2.45, 2.75) is 6.92 Å². The van der Waals surface area contributed by atoms with E-state index in [0.29, 0.717) is 5.56 Å². The summed E-state index contributed by atoms with van der Waals surface area (Å²) in [6, 6.07) is 14.0. The molecule has 0 bridgehead atoms. The first-order valence-electron chi connectivity index (χ1n) is 5.38. The van der Waals surface area contributed by atoms with Gasteiger partial charge in [0.15, 0.2) is 0 Å². The lowest BCUT2D eigenvalue weighted by atomic mass is 9.96. The second-order valence-electron chi connectivity index (χ2n) is 3.91. The van der Waals surface area contributed by atoms with Crippen molar-refractivity contribution in [3.8, 4) is 17.2 Å². The van der Waals surface area contributed by atoms with Gasteiger partial charge in [-0.1, -0.05) is 24.3 Å². The first-order valence-corrected chi connectivity index (χ1v) is 5.38. The van der Waals surface area contributed by atoms with Crippen LogP contribution >= 0.6 is 0 Å². The monoisotopic (exact) mass is 238 g/mol. The lowest BCUT2D eigenvalue weighted by Crippen LogP contribution is -1.92. The van der Waals surface area contributed by atoms with E-state index in [-0.39, 0.29) is 5.69 Å². The maximum absolute atomic E-state index is 10.7. The normalized spacial score (nSPS) is 9.78. The van der Waals surface area contributed by atoms with Crippen molar-refractivity contribution in [1.29, 1.82) is 5.26 Å². The Bertz CT molecular complexity index is 657. The molecule has 2 rings (SSSR count). The van der Waals surface area contributed by atoms with E-state index in [1.54, 1.807) is 6.07 Å². The number of nitro benzene ring substituents is 1. The molecule has 0 radical (unpaired) electrons. The van der Waals surface area contributed by atoms with Crippen LogP contribution in [0.4, 0.5) is 5.69 Å². The third kappa shape index (κ3) is 2.06. The summed E-state index contributed by atoms with van der Waals surface area (Å²) in [7, 11) is 0. The molecule has 0 spiro atoms. The van der Waals surface area contributed by atoms with E-state index in [2.05, 4.69) is 0 Å². The Kier molecular flexibility index (Phi) is 3.07. The molecule has 0 saturated carbocycles. The summed E-state index contributed by atoms with van der Waals surface area (Å²) < 4.78 is 0. The number of aryl methyl sites for hydroxylation is 1. The van der Waals surface area contributed by atoms with Gasteiger partial charge in [-0.15, -0.1) is 0 Å². The van der Waals surface area contributed by atoms with E-state index in [4.69, 9.17) is 5.26 Å². The highest BCUT2D eigenvalue weighted by atomic mass is 16.6. The number of nitro groups is 1. The van der Waals surface area contributed by atoms with Gasteiger partial charge in [0.1, 0.15) is 6.07 Å². The van der Waals surface area contributed by atoms with Crippen LogP contribution in [0.2, 0.25) is 0 Å². The molecule has 0 aromatic heterocycles. The quantitative estimate of drug-likeness (QED) is 0.594. The van der Waals surface area contributed by atoms with Crippen LogP contribution < -0.4 is 0 Å². The molecule has 4 heteroatoms. The number of nitriles is 1. The van der Waals surface area contributed by atoms with Crippen LogP contribution in [0.5, 0.6) is 0 Å². The summed E-state index contributed by atoms with van der Waals surface area (Å²) in [6.07, 6.45) is 0. The molecule has 2 aromatic rings. The SMILES string of the molecule is Cc1ccccc1-c1ccc([N+](=O)[O-])cc1C#N. The van der Waals surface area contributed by atoms with Crippen LogP contribution in [0, 0.1) is 28.4 Å². The molecule has 88 valence electrons. The Balaban J connectivity index is 2.63. The molecule has 0 fully saturated rings. The molecular weight excluding hydrogens is 228 g/mol. The summed E-state index contributed by atoms with van der Waals surface area (Å²) in [6.45, 7) is 1.94. The molecule has 0 saturated heterocycles. The molecule has 0 amide bonds. The average Bonchev–Trinajstić information content (AvgIpc) is 2.38. The number of nitrogens with zero attached hydrogens (tertiary/aromatic N) is 2. The standard InChI is InChI=1S/C14H10N2O2/c1-10-4-2-3-5-13(10)14-7-6-12(16(17)18)8-11(14)9-15/h2-8H,1H3. The minimum atomic E-state index is -0.498. The molecule has 0 unspecified atom stereocenters. The number of hydrogen-bond acceptors (Lipinski definition) is 3. The van der Waals surface area contributed by atoms with Crippen LogP contribution in [0.1, 0.15) is 11.1 Å². The van der Waals surface area contributed by atoms with Crippen molar-refractivity contribution < 1.29 is 4.92 Å². The third-order valence-corrected chi connectivity index (χ3v) is 2.77. The largest absolute Gasteiger partial charge is 0.270 e. The number of benzene rings is 2. The van der Waals surface area contributed by atoms with Crippen LogP contribution in [0.15, 0.2) is 42.5 Å². The second kappa shape index (κ2) is 4.68. The summed E-state index contributed by atoms with van der Waals surface area (Å²) in [5.41, 5.74) is 2.93. The second-order valence-corrected chi connectivity index (χ2v) is 3.91. The maximum Gasteiger partial charge on any atom is 0.270 e. The fraction of sp³-hybridized carbons (Fsp3) is 0.0714. The molecule has 0 aliphatic rings. The molecule has 0 aliphatic heterocycles. The molecule has 0 atom stereocenters. The Morgan fingerprint density at radius 2 is 1.89 bits per heavy atom. The minimum absolute atomic E-state index is 0.0658. The maximum atomic E-state index is 10.7. The summed E-state index contributed by atoms with van der Waals surface area (Å²) in [4.78, 5) is 10.2. The Hall–Kier alpha value is -2.67. The van der Waals surface area contributed by atoms with E-state index in [0.717, 1.165) is 16.7 Å². The minimum Gasteiger partial charge on any atom is -0.258 e. The number of non-ortho nitro benzene ring substituents is 1. The lowest BCUT2D eigenvalue weighted by molar-refractivity contribution is -0.384. The zero-order valence-electron chi connectivity index (χ0n) is 9.75. The van der Waals surface area contributed by atoms with Crippen molar-refractivity contribution >= 4 is 5.69 Å². The Morgan fingerprint density at radius 3 is 2.50 bits per heavy atom. The van der Waals surface area contributed by atoms with Gasteiger partial charge in [-0.3, -0.25) is 10.1 Å². The highest BCUT2D eigenvalue weighted by Crippen LogP contribution is 2.29. The topological polar surface area (TPSA) is 66.9 Å². The van der Waals surface area contributed by atoms with Gasteiger partial charge in [-0.25, -0.2) is 0 Å². The first kappa shape index (κ1) is 11.8. The average molecular weight is 238 g/mol. The Labute approximate surface area is 104 Å². The van der Waals surface area contributed by atoms with Crippen LogP contribution in [0.3, 0.4) is 0 Å². The molecule has 0 heterocycles. The molecular formula is C14H10N2O2. The van der Waals surface area contributed by atoms with Crippen LogP contribution in [-0.2, 0) is 0 Å². The van der Waals surface area contributed by atoms with Gasteiger partial charge in [0, 0.05) is 17.7 Å². The Morgan fingerprint density at radius 1 is 1.17 bits per heavy atom. The highest BCUT2D eigenvalue weighted by molar-refractivity contribution is 5.74. The molecule has 4 nitrogen and oxygen atoms in total.